The summed E-state index contributed by atoms with van der Waals surface area (Å²) in [6.07, 6.45) is 3.77. The Morgan fingerprint density at radius 2 is 2.40 bits per heavy atom. The Bertz CT molecular complexity index is 446. The molecule has 1 aliphatic carbocycles. The molecule has 0 amide bonds. The quantitative estimate of drug-likeness (QED) is 0.724. The lowest BCUT2D eigenvalue weighted by atomic mass is 10.2. The SMILES string of the molecule is Cn1cc2c(c1C(=O)O)OC1(CC1)CN2. The number of anilines is 1. The summed E-state index contributed by atoms with van der Waals surface area (Å²) in [5.74, 6) is -0.452. The second kappa shape index (κ2) is 2.48. The first-order valence-electron chi connectivity index (χ1n) is 4.97. The maximum absolute atomic E-state index is 11.1. The number of rotatable bonds is 1. The van der Waals surface area contributed by atoms with E-state index in [0.717, 1.165) is 25.1 Å². The number of carbonyl (C=O) groups is 1. The predicted molar refractivity (Wildman–Crippen MR) is 53.5 cm³/mol. The number of hydrogen-bond acceptors (Lipinski definition) is 3. The molecule has 1 aliphatic heterocycles. The molecular formula is C10H12N2O3. The molecule has 0 radical (unpaired) electrons. The van der Waals surface area contributed by atoms with Crippen molar-refractivity contribution in [1.82, 2.24) is 4.57 Å². The summed E-state index contributed by atoms with van der Waals surface area (Å²) < 4.78 is 7.36. The number of nitrogens with one attached hydrogen (secondary N) is 1. The molecule has 0 unspecified atom stereocenters. The van der Waals surface area contributed by atoms with Crippen LogP contribution in [0.5, 0.6) is 5.75 Å². The van der Waals surface area contributed by atoms with Gasteiger partial charge < -0.3 is 19.7 Å². The monoisotopic (exact) mass is 208 g/mol. The van der Waals surface area contributed by atoms with Crippen LogP contribution in [0.1, 0.15) is 23.3 Å². The fourth-order valence-corrected chi connectivity index (χ4v) is 2.01. The van der Waals surface area contributed by atoms with Crippen LogP contribution < -0.4 is 10.1 Å². The Kier molecular flexibility index (Phi) is 1.43. The van der Waals surface area contributed by atoms with Crippen LogP contribution >= 0.6 is 0 Å². The van der Waals surface area contributed by atoms with Crippen LogP contribution in [0.2, 0.25) is 0 Å². The lowest BCUT2D eigenvalue weighted by molar-refractivity contribution is 0.0676. The van der Waals surface area contributed by atoms with Gasteiger partial charge in [0.2, 0.25) is 0 Å². The molecule has 0 atom stereocenters. The fraction of sp³-hybridized carbons (Fsp3) is 0.500. The summed E-state index contributed by atoms with van der Waals surface area (Å²) in [6.45, 7) is 0.781. The number of nitrogens with zero attached hydrogens (tertiary/aromatic N) is 1. The first-order chi connectivity index (χ1) is 7.11. The van der Waals surface area contributed by atoms with Crippen molar-refractivity contribution < 1.29 is 14.6 Å². The van der Waals surface area contributed by atoms with Crippen LogP contribution in [0.3, 0.4) is 0 Å². The van der Waals surface area contributed by atoms with Gasteiger partial charge in [0.15, 0.2) is 11.4 Å². The van der Waals surface area contributed by atoms with E-state index in [1.54, 1.807) is 17.8 Å². The third-order valence-electron chi connectivity index (χ3n) is 3.06. The molecule has 2 heterocycles. The van der Waals surface area contributed by atoms with Crippen molar-refractivity contribution in [1.29, 1.82) is 0 Å². The summed E-state index contributed by atoms with van der Waals surface area (Å²) in [7, 11) is 1.71. The Morgan fingerprint density at radius 1 is 1.67 bits per heavy atom. The highest BCUT2D eigenvalue weighted by atomic mass is 16.5. The number of aromatic nitrogens is 1. The highest BCUT2D eigenvalue weighted by Gasteiger charge is 2.49. The third-order valence-corrected chi connectivity index (χ3v) is 3.06. The molecule has 3 rings (SSSR count). The predicted octanol–water partition coefficient (Wildman–Crippen LogP) is 1.06. The number of carboxylic acids is 1. The molecule has 1 saturated carbocycles. The zero-order chi connectivity index (χ0) is 10.6. The molecular weight excluding hydrogens is 196 g/mol. The molecule has 15 heavy (non-hydrogen) atoms. The van der Waals surface area contributed by atoms with Crippen molar-refractivity contribution >= 4 is 11.7 Å². The van der Waals surface area contributed by atoms with Gasteiger partial charge in [-0.25, -0.2) is 4.79 Å². The average Bonchev–Trinajstić information content (AvgIpc) is 2.81. The van der Waals surface area contributed by atoms with Crippen LogP contribution in [0.15, 0.2) is 6.20 Å². The van der Waals surface area contributed by atoms with Crippen LogP contribution in [0, 0.1) is 0 Å². The van der Waals surface area contributed by atoms with Crippen molar-refractivity contribution in [2.24, 2.45) is 7.05 Å². The van der Waals surface area contributed by atoms with Crippen LogP contribution in [-0.2, 0) is 7.05 Å². The first-order valence-corrected chi connectivity index (χ1v) is 4.97. The average molecular weight is 208 g/mol. The van der Waals surface area contributed by atoms with Gasteiger partial charge >= 0.3 is 5.97 Å². The fourth-order valence-electron chi connectivity index (χ4n) is 2.01. The van der Waals surface area contributed by atoms with Crippen LogP contribution in [-0.4, -0.2) is 27.8 Å². The van der Waals surface area contributed by atoms with Gasteiger partial charge in [-0.1, -0.05) is 0 Å². The molecule has 2 aliphatic rings. The Balaban J connectivity index is 2.09. The van der Waals surface area contributed by atoms with E-state index < -0.39 is 5.97 Å². The Labute approximate surface area is 86.6 Å². The van der Waals surface area contributed by atoms with Gasteiger partial charge in [-0.05, 0) is 12.8 Å². The maximum atomic E-state index is 11.1. The van der Waals surface area contributed by atoms with Gasteiger partial charge in [-0.3, -0.25) is 0 Å². The largest absolute Gasteiger partial charge is 0.481 e. The van der Waals surface area contributed by atoms with Gasteiger partial charge in [0, 0.05) is 13.2 Å². The second-order valence-electron chi connectivity index (χ2n) is 4.28. The van der Waals surface area contributed by atoms with Gasteiger partial charge in [0.05, 0.1) is 12.2 Å². The molecule has 2 N–H and O–H groups in total. The number of aromatic carboxylic acids is 1. The molecule has 5 heteroatoms. The topological polar surface area (TPSA) is 63.5 Å². The summed E-state index contributed by atoms with van der Waals surface area (Å²) in [5, 5.41) is 12.3. The van der Waals surface area contributed by atoms with E-state index in [9.17, 15) is 4.79 Å². The first kappa shape index (κ1) is 8.64. The minimum atomic E-state index is -0.946. The van der Waals surface area contributed by atoms with E-state index >= 15 is 0 Å². The lowest BCUT2D eigenvalue weighted by Gasteiger charge is -2.25. The Hall–Kier alpha value is -1.65. The lowest BCUT2D eigenvalue weighted by Crippen LogP contribution is -2.32. The number of hydrogen-bond donors (Lipinski definition) is 2. The summed E-state index contributed by atoms with van der Waals surface area (Å²) >= 11 is 0. The minimum Gasteiger partial charge on any atom is -0.481 e. The van der Waals surface area contributed by atoms with Crippen molar-refractivity contribution in [3.8, 4) is 5.75 Å². The molecule has 1 spiro atoms. The van der Waals surface area contributed by atoms with Crippen molar-refractivity contribution in [3.05, 3.63) is 11.9 Å². The van der Waals surface area contributed by atoms with Gasteiger partial charge in [-0.2, -0.15) is 0 Å². The van der Waals surface area contributed by atoms with E-state index in [1.165, 1.54) is 0 Å². The van der Waals surface area contributed by atoms with E-state index in [1.807, 2.05) is 0 Å². The number of ether oxygens (including phenoxy) is 1. The minimum absolute atomic E-state index is 0.126. The van der Waals surface area contributed by atoms with Crippen LogP contribution in [0.4, 0.5) is 5.69 Å². The zero-order valence-electron chi connectivity index (χ0n) is 8.41. The van der Waals surface area contributed by atoms with Crippen molar-refractivity contribution in [2.45, 2.75) is 18.4 Å². The molecule has 1 aromatic heterocycles. The molecule has 1 aromatic rings. The maximum Gasteiger partial charge on any atom is 0.356 e. The summed E-state index contributed by atoms with van der Waals surface area (Å²) in [5.41, 5.74) is 0.884. The summed E-state index contributed by atoms with van der Waals surface area (Å²) in [4.78, 5) is 11.1. The zero-order valence-corrected chi connectivity index (χ0v) is 8.41. The van der Waals surface area contributed by atoms with Crippen molar-refractivity contribution in [3.63, 3.8) is 0 Å². The van der Waals surface area contributed by atoms with Gasteiger partial charge in [0.25, 0.3) is 0 Å². The molecule has 80 valence electrons. The van der Waals surface area contributed by atoms with Crippen LogP contribution in [0.25, 0.3) is 0 Å². The molecule has 0 aromatic carbocycles. The second-order valence-corrected chi connectivity index (χ2v) is 4.28. The van der Waals surface area contributed by atoms with E-state index in [2.05, 4.69) is 5.32 Å². The highest BCUT2D eigenvalue weighted by molar-refractivity contribution is 5.92. The normalized spacial score (nSPS) is 20.3. The van der Waals surface area contributed by atoms with Gasteiger partial charge in [-0.15, -0.1) is 0 Å². The van der Waals surface area contributed by atoms with E-state index in [0.29, 0.717) is 5.75 Å². The van der Waals surface area contributed by atoms with E-state index in [-0.39, 0.29) is 11.3 Å². The summed E-state index contributed by atoms with van der Waals surface area (Å²) in [6, 6.07) is 0. The molecule has 0 saturated heterocycles. The smallest absolute Gasteiger partial charge is 0.356 e. The molecule has 1 fully saturated rings. The molecule has 0 bridgehead atoms. The number of fused-ring (bicyclic) bond motifs is 1. The number of aryl methyl sites for hydroxylation is 1. The van der Waals surface area contributed by atoms with Gasteiger partial charge in [0.1, 0.15) is 5.60 Å². The van der Waals surface area contributed by atoms with E-state index in [4.69, 9.17) is 9.84 Å². The Morgan fingerprint density at radius 3 is 3.00 bits per heavy atom. The standard InChI is InChI=1S/C10H12N2O3/c1-12-4-6-8(7(12)9(13)14)15-10(2-3-10)5-11-6/h4,11H,2-3,5H2,1H3,(H,13,14). The van der Waals surface area contributed by atoms with Crippen molar-refractivity contribution in [2.75, 3.05) is 11.9 Å². The molecule has 5 nitrogen and oxygen atoms in total. The number of carboxylic acid groups (broad SMARTS) is 1. The third kappa shape index (κ3) is 1.12. The highest BCUT2D eigenvalue weighted by Crippen LogP contribution is 2.47.